The zero-order valence-corrected chi connectivity index (χ0v) is 5.46. The van der Waals surface area contributed by atoms with E-state index < -0.39 is 0 Å². The summed E-state index contributed by atoms with van der Waals surface area (Å²) >= 11 is 0. The van der Waals surface area contributed by atoms with Crippen molar-refractivity contribution >= 4 is 18.0 Å². The summed E-state index contributed by atoms with van der Waals surface area (Å²) in [5.41, 5.74) is 0.778. The van der Waals surface area contributed by atoms with Crippen LogP contribution in [0.3, 0.4) is 0 Å². The van der Waals surface area contributed by atoms with Gasteiger partial charge in [-0.3, -0.25) is 0 Å². The highest BCUT2D eigenvalue weighted by Gasteiger charge is 2.10. The first kappa shape index (κ1) is 6.13. The van der Waals surface area contributed by atoms with Crippen LogP contribution in [0.4, 0.5) is 4.79 Å². The Morgan fingerprint density at radius 1 is 1.56 bits per heavy atom. The molecule has 0 fully saturated rings. The topological polar surface area (TPSA) is 41.8 Å². The van der Waals surface area contributed by atoms with Crippen LogP contribution in [0.25, 0.3) is 0 Å². The molecule has 0 saturated heterocycles. The lowest BCUT2D eigenvalue weighted by atomic mass is 10.1. The molecule has 9 heavy (non-hydrogen) atoms. The quantitative estimate of drug-likeness (QED) is 0.519. The van der Waals surface area contributed by atoms with E-state index in [4.69, 9.17) is 0 Å². The summed E-state index contributed by atoms with van der Waals surface area (Å²) in [5, 5.41) is 0. The van der Waals surface area contributed by atoms with E-state index in [1.165, 1.54) is 6.21 Å². The Bertz CT molecular complexity index is 191. The van der Waals surface area contributed by atoms with Crippen LogP contribution in [0, 0.1) is 5.92 Å². The maximum absolute atomic E-state index is 10.4. The summed E-state index contributed by atoms with van der Waals surface area (Å²) in [6, 6.07) is -0.376. The van der Waals surface area contributed by atoms with Crippen LogP contribution in [0.15, 0.2) is 9.98 Å². The third-order valence-electron chi connectivity index (χ3n) is 1.12. The Morgan fingerprint density at radius 2 is 2.22 bits per heavy atom. The van der Waals surface area contributed by atoms with Gasteiger partial charge in [0, 0.05) is 0 Å². The van der Waals surface area contributed by atoms with E-state index in [2.05, 4.69) is 9.98 Å². The molecular weight excluding hydrogens is 116 g/mol. The number of nitrogens with zero attached hydrogens (tertiary/aromatic N) is 2. The zero-order valence-electron chi connectivity index (χ0n) is 5.46. The molecule has 3 nitrogen and oxygen atoms in total. The standard InChI is InChI=1S/C6H8N2O/c1-4(2)5-3-7-6(9)8-5/h3-4H,1-2H3. The molecule has 1 aliphatic rings. The number of aliphatic imine (C=N–C) groups is 2. The Balaban J connectivity index is 2.75. The largest absolute Gasteiger partial charge is 0.367 e. The summed E-state index contributed by atoms with van der Waals surface area (Å²) in [7, 11) is 0. The smallest absolute Gasteiger partial charge is 0.244 e. The highest BCUT2D eigenvalue weighted by molar-refractivity contribution is 6.38. The van der Waals surface area contributed by atoms with Crippen LogP contribution in [0.2, 0.25) is 0 Å². The molecule has 48 valence electrons. The molecule has 0 aliphatic carbocycles. The van der Waals surface area contributed by atoms with Crippen LogP contribution in [0.1, 0.15) is 13.8 Å². The minimum atomic E-state index is -0.376. The SMILES string of the molecule is CC(C)C1=NC(=O)N=C1. The summed E-state index contributed by atoms with van der Waals surface area (Å²) in [4.78, 5) is 17.5. The van der Waals surface area contributed by atoms with Crippen molar-refractivity contribution in [1.82, 2.24) is 0 Å². The number of hydrogen-bond donors (Lipinski definition) is 0. The van der Waals surface area contributed by atoms with E-state index in [0.29, 0.717) is 5.92 Å². The monoisotopic (exact) mass is 124 g/mol. The van der Waals surface area contributed by atoms with Gasteiger partial charge in [-0.05, 0) is 5.92 Å². The van der Waals surface area contributed by atoms with Gasteiger partial charge < -0.3 is 0 Å². The lowest BCUT2D eigenvalue weighted by Crippen LogP contribution is -2.05. The highest BCUT2D eigenvalue weighted by atomic mass is 16.2. The molecule has 0 N–H and O–H groups in total. The second-order valence-electron chi connectivity index (χ2n) is 2.23. The van der Waals surface area contributed by atoms with Crippen LogP contribution in [-0.4, -0.2) is 18.0 Å². The van der Waals surface area contributed by atoms with Gasteiger partial charge in [0.05, 0.1) is 11.9 Å². The molecule has 0 spiro atoms. The average Bonchev–Trinajstić information content (AvgIpc) is 2.14. The highest BCUT2D eigenvalue weighted by Crippen LogP contribution is 2.01. The van der Waals surface area contributed by atoms with Crippen LogP contribution in [-0.2, 0) is 0 Å². The van der Waals surface area contributed by atoms with Crippen molar-refractivity contribution in [2.75, 3.05) is 0 Å². The Labute approximate surface area is 53.5 Å². The van der Waals surface area contributed by atoms with Crippen molar-refractivity contribution in [3.05, 3.63) is 0 Å². The van der Waals surface area contributed by atoms with Crippen molar-refractivity contribution in [3.8, 4) is 0 Å². The predicted octanol–water partition coefficient (Wildman–Crippen LogP) is 1.29. The lowest BCUT2D eigenvalue weighted by Gasteiger charge is -1.95. The first-order chi connectivity index (χ1) is 4.20. The van der Waals surface area contributed by atoms with Crippen molar-refractivity contribution in [2.24, 2.45) is 15.9 Å². The molecule has 1 rings (SSSR count). The number of carbonyl (C=O) groups excluding carboxylic acids is 1. The first-order valence-electron chi connectivity index (χ1n) is 2.87. The molecule has 0 aromatic carbocycles. The predicted molar refractivity (Wildman–Crippen MR) is 36.2 cm³/mol. The minimum absolute atomic E-state index is 0.306. The average molecular weight is 124 g/mol. The molecule has 0 unspecified atom stereocenters. The summed E-state index contributed by atoms with van der Waals surface area (Å²) < 4.78 is 0. The molecule has 0 bridgehead atoms. The molecule has 0 saturated carbocycles. The number of rotatable bonds is 1. The third-order valence-corrected chi connectivity index (χ3v) is 1.12. The fourth-order valence-corrected chi connectivity index (χ4v) is 0.568. The van der Waals surface area contributed by atoms with Crippen molar-refractivity contribution < 1.29 is 4.79 Å². The van der Waals surface area contributed by atoms with E-state index in [1.807, 2.05) is 13.8 Å². The maximum Gasteiger partial charge on any atom is 0.367 e. The van der Waals surface area contributed by atoms with Gasteiger partial charge >= 0.3 is 6.03 Å². The fourth-order valence-electron chi connectivity index (χ4n) is 0.568. The number of amides is 2. The summed E-state index contributed by atoms with van der Waals surface area (Å²) in [6.07, 6.45) is 1.52. The van der Waals surface area contributed by atoms with E-state index in [1.54, 1.807) is 0 Å². The Kier molecular flexibility index (Phi) is 1.42. The first-order valence-corrected chi connectivity index (χ1v) is 2.87. The fraction of sp³-hybridized carbons (Fsp3) is 0.500. The number of urea groups is 1. The van der Waals surface area contributed by atoms with Crippen LogP contribution < -0.4 is 0 Å². The lowest BCUT2D eigenvalue weighted by molar-refractivity contribution is 0.257. The van der Waals surface area contributed by atoms with E-state index >= 15 is 0 Å². The second-order valence-corrected chi connectivity index (χ2v) is 2.23. The summed E-state index contributed by atoms with van der Waals surface area (Å²) in [6.45, 7) is 3.95. The second kappa shape index (κ2) is 2.09. The third kappa shape index (κ3) is 1.22. The Hall–Kier alpha value is -0.990. The molecule has 0 atom stereocenters. The van der Waals surface area contributed by atoms with Gasteiger partial charge in [-0.1, -0.05) is 13.8 Å². The van der Waals surface area contributed by atoms with Crippen molar-refractivity contribution in [3.63, 3.8) is 0 Å². The van der Waals surface area contributed by atoms with Gasteiger partial charge in [0.2, 0.25) is 0 Å². The molecule has 2 amide bonds. The van der Waals surface area contributed by atoms with Gasteiger partial charge in [0.25, 0.3) is 0 Å². The van der Waals surface area contributed by atoms with Crippen molar-refractivity contribution in [1.29, 1.82) is 0 Å². The number of carbonyl (C=O) groups is 1. The minimum Gasteiger partial charge on any atom is -0.244 e. The van der Waals surface area contributed by atoms with E-state index in [9.17, 15) is 4.79 Å². The molecular formula is C6H8N2O. The Morgan fingerprint density at radius 3 is 2.44 bits per heavy atom. The molecule has 3 heteroatoms. The van der Waals surface area contributed by atoms with Gasteiger partial charge in [-0.2, -0.15) is 9.98 Å². The van der Waals surface area contributed by atoms with Gasteiger partial charge in [-0.15, -0.1) is 0 Å². The van der Waals surface area contributed by atoms with Gasteiger partial charge in [0.1, 0.15) is 0 Å². The van der Waals surface area contributed by atoms with E-state index in [0.717, 1.165) is 5.71 Å². The van der Waals surface area contributed by atoms with Crippen LogP contribution >= 0.6 is 0 Å². The van der Waals surface area contributed by atoms with Gasteiger partial charge in [-0.25, -0.2) is 4.79 Å². The molecule has 1 aliphatic heterocycles. The molecule has 1 heterocycles. The van der Waals surface area contributed by atoms with E-state index in [-0.39, 0.29) is 6.03 Å². The van der Waals surface area contributed by atoms with Gasteiger partial charge in [0.15, 0.2) is 0 Å². The molecule has 0 aromatic heterocycles. The van der Waals surface area contributed by atoms with Crippen molar-refractivity contribution in [2.45, 2.75) is 13.8 Å². The summed E-state index contributed by atoms with van der Waals surface area (Å²) in [5.74, 6) is 0.306. The maximum atomic E-state index is 10.4. The van der Waals surface area contributed by atoms with Crippen LogP contribution in [0.5, 0.6) is 0 Å². The number of hydrogen-bond acceptors (Lipinski definition) is 1. The molecule has 0 radical (unpaired) electrons. The normalized spacial score (nSPS) is 17.2. The zero-order chi connectivity index (χ0) is 6.85. The molecule has 0 aromatic rings.